The van der Waals surface area contributed by atoms with Crippen LogP contribution in [0.25, 0.3) is 0 Å². The molecule has 3 heterocycles. The number of rotatable bonds is 3. The molecule has 2 aliphatic rings. The van der Waals surface area contributed by atoms with Crippen molar-refractivity contribution in [3.8, 4) is 0 Å². The molecule has 1 aromatic heterocycles. The summed E-state index contributed by atoms with van der Waals surface area (Å²) < 4.78 is 0. The minimum atomic E-state index is -0.458. The van der Waals surface area contributed by atoms with Gasteiger partial charge in [-0.05, 0) is 32.0 Å². The van der Waals surface area contributed by atoms with Crippen molar-refractivity contribution >= 4 is 11.4 Å². The maximum atomic E-state index is 11.1. The summed E-state index contributed by atoms with van der Waals surface area (Å²) in [6.45, 7) is 3.08. The average molecular weight is 278 g/mol. The molecule has 0 saturated carbocycles. The van der Waals surface area contributed by atoms with E-state index in [1.54, 1.807) is 12.3 Å². The van der Waals surface area contributed by atoms with Gasteiger partial charge in [0.1, 0.15) is 11.9 Å². The third-order valence-corrected chi connectivity index (χ3v) is 4.18. The Labute approximate surface area is 117 Å². The van der Waals surface area contributed by atoms with Crippen LogP contribution in [0, 0.1) is 10.1 Å². The molecule has 0 aliphatic carbocycles. The van der Waals surface area contributed by atoms with Crippen LogP contribution in [-0.4, -0.2) is 58.2 Å². The van der Waals surface area contributed by atoms with Gasteiger partial charge in [0.2, 0.25) is 0 Å². The van der Waals surface area contributed by atoms with E-state index >= 15 is 0 Å². The van der Waals surface area contributed by atoms with E-state index in [9.17, 15) is 15.2 Å². The van der Waals surface area contributed by atoms with Crippen LogP contribution in [0.3, 0.4) is 0 Å². The molecule has 7 heteroatoms. The molecule has 0 aromatic carbocycles. The van der Waals surface area contributed by atoms with Crippen molar-refractivity contribution in [1.82, 2.24) is 9.88 Å². The monoisotopic (exact) mass is 278 g/mol. The lowest BCUT2D eigenvalue weighted by molar-refractivity contribution is -0.384. The fourth-order valence-corrected chi connectivity index (χ4v) is 3.19. The second-order valence-corrected chi connectivity index (χ2v) is 5.40. The maximum Gasteiger partial charge on any atom is 0.310 e. The number of aliphatic hydroxyl groups is 1. The van der Waals surface area contributed by atoms with E-state index in [1.165, 1.54) is 19.0 Å². The number of pyridine rings is 1. The fraction of sp³-hybridized carbons (Fsp3) is 0.615. The number of hydrogen-bond acceptors (Lipinski definition) is 6. The Balaban J connectivity index is 1.81. The number of likely N-dealkylation sites (tertiary alicyclic amines) is 1. The first-order chi connectivity index (χ1) is 9.66. The quantitative estimate of drug-likeness (QED) is 0.645. The molecule has 3 rings (SSSR count). The van der Waals surface area contributed by atoms with Crippen molar-refractivity contribution in [1.29, 1.82) is 0 Å². The SMILES string of the molecule is O=[N+]([O-])c1cnccc1N1C[C@H](O)[C@@H](N2CCCC2)C1. The van der Waals surface area contributed by atoms with E-state index in [1.807, 2.05) is 4.90 Å². The Kier molecular flexibility index (Phi) is 3.54. The van der Waals surface area contributed by atoms with Crippen LogP contribution in [0.15, 0.2) is 18.5 Å². The standard InChI is InChI=1S/C13H18N4O3/c18-13-9-16(8-12(13)15-5-1-2-6-15)10-3-4-14-7-11(10)17(19)20/h3-4,7,12-13,18H,1-2,5-6,8-9H2/t12-,13-/m0/s1. The Morgan fingerprint density at radius 1 is 1.35 bits per heavy atom. The minimum Gasteiger partial charge on any atom is -0.390 e. The van der Waals surface area contributed by atoms with Crippen LogP contribution < -0.4 is 4.90 Å². The van der Waals surface area contributed by atoms with Gasteiger partial charge in [0.25, 0.3) is 0 Å². The summed E-state index contributed by atoms with van der Waals surface area (Å²) in [6.07, 6.45) is 4.70. The molecule has 1 aromatic rings. The Hall–Kier alpha value is -1.73. The van der Waals surface area contributed by atoms with Crippen LogP contribution in [0.4, 0.5) is 11.4 Å². The maximum absolute atomic E-state index is 11.1. The second kappa shape index (κ2) is 5.34. The van der Waals surface area contributed by atoms with Crippen LogP contribution in [0.5, 0.6) is 0 Å². The summed E-state index contributed by atoms with van der Waals surface area (Å²) in [6, 6.07) is 1.72. The van der Waals surface area contributed by atoms with Crippen LogP contribution in [0.1, 0.15) is 12.8 Å². The molecule has 108 valence electrons. The zero-order chi connectivity index (χ0) is 14.1. The molecule has 7 nitrogen and oxygen atoms in total. The number of nitro groups is 1. The highest BCUT2D eigenvalue weighted by Crippen LogP contribution is 2.31. The minimum absolute atomic E-state index is 0.00164. The number of β-amino-alcohol motifs (C(OH)–C–C–N with tert-alkyl or cyclic N) is 1. The van der Waals surface area contributed by atoms with Gasteiger partial charge in [0.05, 0.1) is 17.1 Å². The average Bonchev–Trinajstić information content (AvgIpc) is 3.07. The lowest BCUT2D eigenvalue weighted by Crippen LogP contribution is -2.41. The number of hydrogen-bond donors (Lipinski definition) is 1. The van der Waals surface area contributed by atoms with E-state index in [4.69, 9.17) is 0 Å². The van der Waals surface area contributed by atoms with Gasteiger partial charge < -0.3 is 10.0 Å². The molecule has 2 aliphatic heterocycles. The van der Waals surface area contributed by atoms with E-state index in [-0.39, 0.29) is 11.7 Å². The first-order valence-electron chi connectivity index (χ1n) is 6.92. The lowest BCUT2D eigenvalue weighted by atomic mass is 10.2. The highest BCUT2D eigenvalue weighted by molar-refractivity contribution is 5.62. The molecule has 0 bridgehead atoms. The van der Waals surface area contributed by atoms with E-state index in [0.29, 0.717) is 18.8 Å². The topological polar surface area (TPSA) is 82.7 Å². The van der Waals surface area contributed by atoms with Crippen molar-refractivity contribution in [2.24, 2.45) is 0 Å². The number of aliphatic hydroxyl groups excluding tert-OH is 1. The van der Waals surface area contributed by atoms with Crippen molar-refractivity contribution < 1.29 is 10.0 Å². The molecule has 0 unspecified atom stereocenters. The van der Waals surface area contributed by atoms with E-state index < -0.39 is 11.0 Å². The zero-order valence-corrected chi connectivity index (χ0v) is 11.2. The summed E-state index contributed by atoms with van der Waals surface area (Å²) >= 11 is 0. The predicted molar refractivity (Wildman–Crippen MR) is 73.7 cm³/mol. The van der Waals surface area contributed by atoms with Gasteiger partial charge in [-0.15, -0.1) is 0 Å². The highest BCUT2D eigenvalue weighted by atomic mass is 16.6. The molecule has 20 heavy (non-hydrogen) atoms. The molecule has 2 atom stereocenters. The van der Waals surface area contributed by atoms with Crippen LogP contribution in [0.2, 0.25) is 0 Å². The molecular formula is C13H18N4O3. The van der Waals surface area contributed by atoms with E-state index in [0.717, 1.165) is 13.1 Å². The molecule has 1 N–H and O–H groups in total. The molecule has 2 fully saturated rings. The predicted octanol–water partition coefficient (Wildman–Crippen LogP) is 0.635. The van der Waals surface area contributed by atoms with Gasteiger partial charge in [-0.1, -0.05) is 0 Å². The summed E-state index contributed by atoms with van der Waals surface area (Å²) in [5.74, 6) is 0. The van der Waals surface area contributed by atoms with Crippen LogP contribution >= 0.6 is 0 Å². The summed E-state index contributed by atoms with van der Waals surface area (Å²) in [4.78, 5) is 18.6. The number of anilines is 1. The summed E-state index contributed by atoms with van der Waals surface area (Å²) in [5.41, 5.74) is 0.549. The van der Waals surface area contributed by atoms with Gasteiger partial charge in [-0.2, -0.15) is 0 Å². The first-order valence-corrected chi connectivity index (χ1v) is 6.92. The second-order valence-electron chi connectivity index (χ2n) is 5.40. The molecule has 2 saturated heterocycles. The normalized spacial score (nSPS) is 27.1. The summed E-state index contributed by atoms with van der Waals surface area (Å²) in [5, 5.41) is 21.3. The third kappa shape index (κ3) is 2.34. The zero-order valence-electron chi connectivity index (χ0n) is 11.2. The summed E-state index contributed by atoms with van der Waals surface area (Å²) in [7, 11) is 0. The van der Waals surface area contributed by atoms with Gasteiger partial charge >= 0.3 is 5.69 Å². The molecular weight excluding hydrogens is 260 g/mol. The number of aromatic nitrogens is 1. The van der Waals surface area contributed by atoms with Gasteiger partial charge in [0, 0.05) is 19.3 Å². The van der Waals surface area contributed by atoms with Crippen molar-refractivity contribution in [3.05, 3.63) is 28.6 Å². The third-order valence-electron chi connectivity index (χ3n) is 4.18. The Bertz CT molecular complexity index is 504. The lowest BCUT2D eigenvalue weighted by Gasteiger charge is -2.25. The Morgan fingerprint density at radius 2 is 2.10 bits per heavy atom. The molecule has 0 amide bonds. The Morgan fingerprint density at radius 3 is 2.80 bits per heavy atom. The molecule has 0 spiro atoms. The van der Waals surface area contributed by atoms with Gasteiger partial charge in [-0.25, -0.2) is 0 Å². The molecule has 0 radical (unpaired) electrons. The van der Waals surface area contributed by atoms with Gasteiger partial charge in [-0.3, -0.25) is 20.0 Å². The van der Waals surface area contributed by atoms with Crippen molar-refractivity contribution in [2.75, 3.05) is 31.1 Å². The largest absolute Gasteiger partial charge is 0.390 e. The highest BCUT2D eigenvalue weighted by Gasteiger charge is 2.38. The number of nitrogens with zero attached hydrogens (tertiary/aromatic N) is 4. The van der Waals surface area contributed by atoms with Crippen molar-refractivity contribution in [3.63, 3.8) is 0 Å². The van der Waals surface area contributed by atoms with Crippen LogP contribution in [-0.2, 0) is 0 Å². The fourth-order valence-electron chi connectivity index (χ4n) is 3.19. The van der Waals surface area contributed by atoms with Gasteiger partial charge in [0.15, 0.2) is 0 Å². The van der Waals surface area contributed by atoms with E-state index in [2.05, 4.69) is 9.88 Å². The smallest absolute Gasteiger partial charge is 0.310 e. The first kappa shape index (κ1) is 13.3. The van der Waals surface area contributed by atoms with Crippen molar-refractivity contribution in [2.45, 2.75) is 25.0 Å².